The third-order valence-corrected chi connectivity index (χ3v) is 3.21. The maximum Gasteiger partial charge on any atom is 0.251 e. The summed E-state index contributed by atoms with van der Waals surface area (Å²) in [6.45, 7) is 3.39. The number of para-hydroxylation sites is 1. The molecule has 0 fully saturated rings. The van der Waals surface area contributed by atoms with Gasteiger partial charge in [-0.15, -0.1) is 0 Å². The second-order valence-electron chi connectivity index (χ2n) is 4.88. The molecule has 0 radical (unpaired) electrons. The molecule has 0 aromatic heterocycles. The van der Waals surface area contributed by atoms with Crippen molar-refractivity contribution in [2.45, 2.75) is 6.92 Å². The van der Waals surface area contributed by atoms with Crippen LogP contribution >= 0.6 is 0 Å². The zero-order valence-corrected chi connectivity index (χ0v) is 12.0. The Morgan fingerprint density at radius 3 is 2.55 bits per heavy atom. The molecule has 3 nitrogen and oxygen atoms in total. The van der Waals surface area contributed by atoms with Crippen LogP contribution in [0.3, 0.4) is 0 Å². The van der Waals surface area contributed by atoms with E-state index in [4.69, 9.17) is 0 Å². The van der Waals surface area contributed by atoms with Crippen molar-refractivity contribution in [1.82, 2.24) is 5.32 Å². The van der Waals surface area contributed by atoms with E-state index >= 15 is 0 Å². The molecule has 2 aromatic carbocycles. The number of hydrogen-bond acceptors (Lipinski definition) is 2. The molecule has 0 atom stereocenters. The van der Waals surface area contributed by atoms with E-state index in [2.05, 4.69) is 22.3 Å². The van der Waals surface area contributed by atoms with Gasteiger partial charge in [0.25, 0.3) is 5.91 Å². The smallest absolute Gasteiger partial charge is 0.251 e. The van der Waals surface area contributed by atoms with Crippen molar-refractivity contribution < 1.29 is 4.79 Å². The molecule has 0 aliphatic heterocycles. The molecule has 1 amide bonds. The number of rotatable bonds is 5. The number of carbonyl (C=O) groups is 1. The number of anilines is 1. The SMILES string of the molecule is Cc1cccc(C(=O)NCCN(C)c2ccccc2)c1. The largest absolute Gasteiger partial charge is 0.373 e. The van der Waals surface area contributed by atoms with Gasteiger partial charge in [0.2, 0.25) is 0 Å². The monoisotopic (exact) mass is 268 g/mol. The molecule has 20 heavy (non-hydrogen) atoms. The van der Waals surface area contributed by atoms with Gasteiger partial charge in [-0.25, -0.2) is 0 Å². The second-order valence-corrected chi connectivity index (χ2v) is 4.88. The topological polar surface area (TPSA) is 32.3 Å². The van der Waals surface area contributed by atoms with Crippen LogP contribution in [0.1, 0.15) is 15.9 Å². The van der Waals surface area contributed by atoms with E-state index in [1.54, 1.807) is 0 Å². The predicted molar refractivity (Wildman–Crippen MR) is 83.2 cm³/mol. The van der Waals surface area contributed by atoms with Crippen LogP contribution in [0.5, 0.6) is 0 Å². The Balaban J connectivity index is 1.83. The minimum absolute atomic E-state index is 0.0184. The van der Waals surface area contributed by atoms with Crippen molar-refractivity contribution in [3.8, 4) is 0 Å². The lowest BCUT2D eigenvalue weighted by atomic mass is 10.1. The molecular weight excluding hydrogens is 248 g/mol. The molecule has 0 saturated carbocycles. The highest BCUT2D eigenvalue weighted by Gasteiger charge is 2.05. The lowest BCUT2D eigenvalue weighted by molar-refractivity contribution is 0.0954. The molecule has 0 unspecified atom stereocenters. The minimum Gasteiger partial charge on any atom is -0.373 e. The van der Waals surface area contributed by atoms with Crippen molar-refractivity contribution in [3.63, 3.8) is 0 Å². The molecule has 0 aliphatic rings. The lowest BCUT2D eigenvalue weighted by Crippen LogP contribution is -2.32. The summed E-state index contributed by atoms with van der Waals surface area (Å²) in [4.78, 5) is 14.1. The van der Waals surface area contributed by atoms with Crippen LogP contribution in [0, 0.1) is 6.92 Å². The van der Waals surface area contributed by atoms with Gasteiger partial charge < -0.3 is 10.2 Å². The van der Waals surface area contributed by atoms with Gasteiger partial charge >= 0.3 is 0 Å². The normalized spacial score (nSPS) is 10.1. The highest BCUT2D eigenvalue weighted by molar-refractivity contribution is 5.94. The summed E-state index contributed by atoms with van der Waals surface area (Å²) in [7, 11) is 2.02. The van der Waals surface area contributed by atoms with Gasteiger partial charge in [-0.3, -0.25) is 4.79 Å². The average Bonchev–Trinajstić information content (AvgIpc) is 2.48. The van der Waals surface area contributed by atoms with Crippen molar-refractivity contribution in [2.75, 3.05) is 25.0 Å². The van der Waals surface area contributed by atoms with Crippen LogP contribution in [-0.4, -0.2) is 26.0 Å². The fraction of sp³-hybridized carbons (Fsp3) is 0.235. The molecule has 0 bridgehead atoms. The number of likely N-dealkylation sites (N-methyl/N-ethyl adjacent to an activating group) is 1. The molecule has 1 N–H and O–H groups in total. The van der Waals surface area contributed by atoms with Gasteiger partial charge in [0.05, 0.1) is 0 Å². The summed E-state index contributed by atoms with van der Waals surface area (Å²) in [5.41, 5.74) is 2.96. The average molecular weight is 268 g/mol. The number of benzene rings is 2. The van der Waals surface area contributed by atoms with Crippen molar-refractivity contribution in [3.05, 3.63) is 65.7 Å². The van der Waals surface area contributed by atoms with Crippen LogP contribution in [-0.2, 0) is 0 Å². The number of nitrogens with one attached hydrogen (secondary N) is 1. The fourth-order valence-electron chi connectivity index (χ4n) is 2.04. The zero-order valence-electron chi connectivity index (χ0n) is 12.0. The maximum absolute atomic E-state index is 12.0. The van der Waals surface area contributed by atoms with Gasteiger partial charge in [0.15, 0.2) is 0 Å². The summed E-state index contributed by atoms with van der Waals surface area (Å²) in [6.07, 6.45) is 0. The first-order valence-corrected chi connectivity index (χ1v) is 6.78. The number of carbonyl (C=O) groups excluding carboxylic acids is 1. The fourth-order valence-corrected chi connectivity index (χ4v) is 2.04. The van der Waals surface area contributed by atoms with Gasteiger partial charge in [0, 0.05) is 31.4 Å². The number of amides is 1. The van der Waals surface area contributed by atoms with Gasteiger partial charge in [-0.2, -0.15) is 0 Å². The van der Waals surface area contributed by atoms with E-state index in [-0.39, 0.29) is 5.91 Å². The highest BCUT2D eigenvalue weighted by atomic mass is 16.1. The lowest BCUT2D eigenvalue weighted by Gasteiger charge is -2.19. The van der Waals surface area contributed by atoms with E-state index in [1.165, 1.54) is 0 Å². The van der Waals surface area contributed by atoms with E-state index < -0.39 is 0 Å². The third-order valence-electron chi connectivity index (χ3n) is 3.21. The summed E-state index contributed by atoms with van der Waals surface area (Å²) in [6, 6.07) is 17.8. The Labute approximate surface area is 120 Å². The number of hydrogen-bond donors (Lipinski definition) is 1. The van der Waals surface area contributed by atoms with E-state index in [1.807, 2.05) is 56.4 Å². The third kappa shape index (κ3) is 3.85. The molecule has 104 valence electrons. The standard InChI is InChI=1S/C17H20N2O/c1-14-7-6-8-15(13-14)17(20)18-11-12-19(2)16-9-4-3-5-10-16/h3-10,13H,11-12H2,1-2H3,(H,18,20). The molecule has 0 saturated heterocycles. The van der Waals surface area contributed by atoms with Crippen LogP contribution in [0.2, 0.25) is 0 Å². The highest BCUT2D eigenvalue weighted by Crippen LogP contribution is 2.09. The number of aryl methyl sites for hydroxylation is 1. The van der Waals surface area contributed by atoms with Gasteiger partial charge in [0.1, 0.15) is 0 Å². The van der Waals surface area contributed by atoms with E-state index in [0.29, 0.717) is 12.1 Å². The minimum atomic E-state index is -0.0184. The molecule has 0 heterocycles. The molecule has 3 heteroatoms. The summed E-state index contributed by atoms with van der Waals surface area (Å²) in [5.74, 6) is -0.0184. The molecule has 0 aliphatic carbocycles. The summed E-state index contributed by atoms with van der Waals surface area (Å²) >= 11 is 0. The zero-order chi connectivity index (χ0) is 14.4. The van der Waals surface area contributed by atoms with Crippen molar-refractivity contribution >= 4 is 11.6 Å². The maximum atomic E-state index is 12.0. The first-order valence-electron chi connectivity index (χ1n) is 6.78. The Morgan fingerprint density at radius 1 is 1.10 bits per heavy atom. The van der Waals surface area contributed by atoms with Crippen LogP contribution in [0.4, 0.5) is 5.69 Å². The second kappa shape index (κ2) is 6.75. The van der Waals surface area contributed by atoms with Crippen LogP contribution in [0.15, 0.2) is 54.6 Å². The Kier molecular flexibility index (Phi) is 4.77. The van der Waals surface area contributed by atoms with Crippen molar-refractivity contribution in [1.29, 1.82) is 0 Å². The Hall–Kier alpha value is -2.29. The molecular formula is C17H20N2O. The molecule has 0 spiro atoms. The van der Waals surface area contributed by atoms with Crippen molar-refractivity contribution in [2.24, 2.45) is 0 Å². The van der Waals surface area contributed by atoms with E-state index in [0.717, 1.165) is 17.8 Å². The Bertz CT molecular complexity index is 566. The molecule has 2 aromatic rings. The number of nitrogens with zero attached hydrogens (tertiary/aromatic N) is 1. The predicted octanol–water partition coefficient (Wildman–Crippen LogP) is 2.86. The first-order chi connectivity index (χ1) is 9.66. The van der Waals surface area contributed by atoms with Gasteiger partial charge in [-0.1, -0.05) is 35.9 Å². The summed E-state index contributed by atoms with van der Waals surface area (Å²) < 4.78 is 0. The summed E-state index contributed by atoms with van der Waals surface area (Å²) in [5, 5.41) is 2.95. The molecule has 2 rings (SSSR count). The van der Waals surface area contributed by atoms with E-state index in [9.17, 15) is 4.79 Å². The van der Waals surface area contributed by atoms with Crippen LogP contribution < -0.4 is 10.2 Å². The first kappa shape index (κ1) is 14.1. The van der Waals surface area contributed by atoms with Crippen LogP contribution in [0.25, 0.3) is 0 Å². The van der Waals surface area contributed by atoms with Gasteiger partial charge in [-0.05, 0) is 31.2 Å². The quantitative estimate of drug-likeness (QED) is 0.904. The Morgan fingerprint density at radius 2 is 1.85 bits per heavy atom.